The average molecular weight is 412 g/mol. The first-order valence-electron chi connectivity index (χ1n) is 11.3. The van der Waals surface area contributed by atoms with Gasteiger partial charge < -0.3 is 4.74 Å². The predicted molar refractivity (Wildman–Crippen MR) is 119 cm³/mol. The molecule has 4 heterocycles. The summed E-state index contributed by atoms with van der Waals surface area (Å²) in [5.41, 5.74) is 8.25. The number of rotatable bonds is 3. The maximum absolute atomic E-state index is 5.99. The second-order valence-corrected chi connectivity index (χ2v) is 8.43. The average Bonchev–Trinajstić information content (AvgIpc) is 3.29. The van der Waals surface area contributed by atoms with Crippen molar-refractivity contribution >= 4 is 11.2 Å². The van der Waals surface area contributed by atoms with E-state index in [-0.39, 0.29) is 6.23 Å². The van der Waals surface area contributed by atoms with Crippen LogP contribution in [0.2, 0.25) is 0 Å². The molecule has 6 heteroatoms. The van der Waals surface area contributed by atoms with Gasteiger partial charge in [0.2, 0.25) is 0 Å². The van der Waals surface area contributed by atoms with E-state index in [1.165, 1.54) is 24.0 Å². The maximum atomic E-state index is 5.99. The molecule has 0 saturated carbocycles. The molecule has 4 aromatic rings. The third-order valence-electron chi connectivity index (χ3n) is 6.46. The van der Waals surface area contributed by atoms with Gasteiger partial charge in [-0.1, -0.05) is 30.3 Å². The zero-order valence-electron chi connectivity index (χ0n) is 17.5. The number of fused-ring (bicyclic) bond motifs is 2. The van der Waals surface area contributed by atoms with Crippen LogP contribution in [-0.4, -0.2) is 31.1 Å². The number of benzene rings is 1. The molecule has 1 aliphatic carbocycles. The fraction of sp³-hybridized carbons (Fsp3) is 0.360. The molecule has 2 aliphatic rings. The lowest BCUT2D eigenvalue weighted by molar-refractivity contribution is -0.0298. The highest BCUT2D eigenvalue weighted by Gasteiger charge is 2.24. The van der Waals surface area contributed by atoms with E-state index in [2.05, 4.69) is 44.9 Å². The van der Waals surface area contributed by atoms with Crippen LogP contribution in [0.1, 0.15) is 49.5 Å². The molecule has 31 heavy (non-hydrogen) atoms. The van der Waals surface area contributed by atoms with E-state index in [1.807, 2.05) is 12.4 Å². The molecule has 1 atom stereocenters. The number of hydrogen-bond donors (Lipinski definition) is 0. The fourth-order valence-electron chi connectivity index (χ4n) is 4.88. The Hall–Kier alpha value is -3.12. The van der Waals surface area contributed by atoms with Crippen LogP contribution in [0, 0.1) is 0 Å². The molecular formula is C25H25N5O. The summed E-state index contributed by atoms with van der Waals surface area (Å²) >= 11 is 0. The van der Waals surface area contributed by atoms with Crippen LogP contribution in [0.3, 0.4) is 0 Å². The summed E-state index contributed by atoms with van der Waals surface area (Å²) in [6.45, 7) is 0.788. The molecule has 0 N–H and O–H groups in total. The monoisotopic (exact) mass is 411 g/mol. The molecule has 1 saturated heterocycles. The van der Waals surface area contributed by atoms with E-state index in [1.54, 1.807) is 6.33 Å². The van der Waals surface area contributed by atoms with Crippen molar-refractivity contribution in [3.8, 4) is 22.6 Å². The third kappa shape index (κ3) is 3.31. The fourth-order valence-corrected chi connectivity index (χ4v) is 4.88. The third-order valence-corrected chi connectivity index (χ3v) is 6.46. The molecular weight excluding hydrogens is 386 g/mol. The number of hydrogen-bond acceptors (Lipinski definition) is 5. The first-order chi connectivity index (χ1) is 15.4. The summed E-state index contributed by atoms with van der Waals surface area (Å²) in [6.07, 6.45) is 11.3. The van der Waals surface area contributed by atoms with Gasteiger partial charge in [0.1, 0.15) is 23.8 Å². The lowest BCUT2D eigenvalue weighted by Crippen LogP contribution is -2.17. The molecule has 6 rings (SSSR count). The molecule has 0 amide bonds. The largest absolute Gasteiger partial charge is 0.358 e. The summed E-state index contributed by atoms with van der Waals surface area (Å²) in [6, 6.07) is 12.7. The summed E-state index contributed by atoms with van der Waals surface area (Å²) in [7, 11) is 0. The predicted octanol–water partition coefficient (Wildman–Crippen LogP) is 5.13. The van der Waals surface area contributed by atoms with E-state index in [4.69, 9.17) is 14.7 Å². The molecule has 156 valence electrons. The van der Waals surface area contributed by atoms with Crippen molar-refractivity contribution in [3.05, 3.63) is 60.2 Å². The molecule has 1 fully saturated rings. The van der Waals surface area contributed by atoms with Gasteiger partial charge in [0.15, 0.2) is 5.65 Å². The van der Waals surface area contributed by atoms with Gasteiger partial charge in [0.25, 0.3) is 0 Å². The van der Waals surface area contributed by atoms with Crippen LogP contribution in [-0.2, 0) is 17.6 Å². The van der Waals surface area contributed by atoms with Crippen molar-refractivity contribution < 1.29 is 4.74 Å². The lowest BCUT2D eigenvalue weighted by atomic mass is 9.88. The van der Waals surface area contributed by atoms with Crippen molar-refractivity contribution in [2.75, 3.05) is 6.61 Å². The first-order valence-corrected chi connectivity index (χ1v) is 11.3. The second-order valence-electron chi connectivity index (χ2n) is 8.43. The van der Waals surface area contributed by atoms with Gasteiger partial charge in [-0.3, -0.25) is 4.57 Å². The Balaban J connectivity index is 1.53. The number of aryl methyl sites for hydroxylation is 1. The van der Waals surface area contributed by atoms with Crippen LogP contribution >= 0.6 is 0 Å². The van der Waals surface area contributed by atoms with Gasteiger partial charge in [-0.15, -0.1) is 0 Å². The highest BCUT2D eigenvalue weighted by Crippen LogP contribution is 2.35. The van der Waals surface area contributed by atoms with Gasteiger partial charge in [-0.05, 0) is 62.1 Å². The molecule has 6 nitrogen and oxygen atoms in total. The van der Waals surface area contributed by atoms with E-state index in [0.29, 0.717) is 0 Å². The highest BCUT2D eigenvalue weighted by molar-refractivity contribution is 5.88. The molecule has 1 unspecified atom stereocenters. The Kier molecular flexibility index (Phi) is 4.72. The maximum Gasteiger partial charge on any atom is 0.166 e. The zero-order chi connectivity index (χ0) is 20.6. The van der Waals surface area contributed by atoms with E-state index in [0.717, 1.165) is 72.5 Å². The van der Waals surface area contributed by atoms with Gasteiger partial charge in [0.05, 0.1) is 17.7 Å². The summed E-state index contributed by atoms with van der Waals surface area (Å²) < 4.78 is 8.05. The Morgan fingerprint density at radius 3 is 2.68 bits per heavy atom. The number of ether oxygens (including phenoxy) is 1. The Bertz CT molecular complexity index is 1230. The van der Waals surface area contributed by atoms with Crippen LogP contribution in [0.25, 0.3) is 33.8 Å². The van der Waals surface area contributed by atoms with Crippen LogP contribution in [0.5, 0.6) is 0 Å². The minimum absolute atomic E-state index is 0.000901. The number of pyridine rings is 1. The van der Waals surface area contributed by atoms with Crippen LogP contribution in [0.15, 0.2) is 49.1 Å². The normalized spacial score (nSPS) is 18.8. The summed E-state index contributed by atoms with van der Waals surface area (Å²) in [4.78, 5) is 19.1. The molecule has 0 spiro atoms. The van der Waals surface area contributed by atoms with E-state index in [9.17, 15) is 0 Å². The standard InChI is InChI=1S/C25H25N5O/c1-2-8-17(9-3-1)20-14-18-10-4-5-11-19(18)22(29-20)23-24-25(27-15-26-23)30(16-28-24)21-12-6-7-13-31-21/h1-3,8-9,14-16,21H,4-7,10-13H2. The summed E-state index contributed by atoms with van der Waals surface area (Å²) in [5, 5.41) is 0. The lowest BCUT2D eigenvalue weighted by Gasteiger charge is -2.23. The molecule has 0 bridgehead atoms. The van der Waals surface area contributed by atoms with Gasteiger partial charge in [-0.25, -0.2) is 19.9 Å². The number of nitrogens with zero attached hydrogens (tertiary/aromatic N) is 5. The quantitative estimate of drug-likeness (QED) is 0.467. The van der Waals surface area contributed by atoms with Gasteiger partial charge >= 0.3 is 0 Å². The number of imidazole rings is 1. The van der Waals surface area contributed by atoms with Crippen LogP contribution in [0.4, 0.5) is 0 Å². The van der Waals surface area contributed by atoms with Crippen molar-refractivity contribution in [2.24, 2.45) is 0 Å². The Morgan fingerprint density at radius 2 is 1.81 bits per heavy atom. The zero-order valence-corrected chi connectivity index (χ0v) is 17.5. The molecule has 3 aromatic heterocycles. The topological polar surface area (TPSA) is 65.7 Å². The Morgan fingerprint density at radius 1 is 0.903 bits per heavy atom. The van der Waals surface area contributed by atoms with E-state index >= 15 is 0 Å². The van der Waals surface area contributed by atoms with Gasteiger partial charge in [-0.2, -0.15) is 0 Å². The highest BCUT2D eigenvalue weighted by atomic mass is 16.5. The summed E-state index contributed by atoms with van der Waals surface area (Å²) in [5.74, 6) is 0. The van der Waals surface area contributed by atoms with E-state index < -0.39 is 0 Å². The van der Waals surface area contributed by atoms with Crippen molar-refractivity contribution in [2.45, 2.75) is 51.2 Å². The molecule has 1 aliphatic heterocycles. The number of aromatic nitrogens is 5. The van der Waals surface area contributed by atoms with Crippen molar-refractivity contribution in [1.82, 2.24) is 24.5 Å². The SMILES string of the molecule is c1ccc(-c2cc3c(c(-c4ncnc5c4ncn5C4CCCCO4)n2)CCCC3)cc1. The minimum Gasteiger partial charge on any atom is -0.358 e. The minimum atomic E-state index is -0.000901. The smallest absolute Gasteiger partial charge is 0.166 e. The molecule has 0 radical (unpaired) electrons. The van der Waals surface area contributed by atoms with Crippen molar-refractivity contribution in [1.29, 1.82) is 0 Å². The van der Waals surface area contributed by atoms with Crippen LogP contribution < -0.4 is 0 Å². The van der Waals surface area contributed by atoms with Crippen molar-refractivity contribution in [3.63, 3.8) is 0 Å². The first kappa shape index (κ1) is 18.6. The molecule has 1 aromatic carbocycles. The van der Waals surface area contributed by atoms with Gasteiger partial charge in [0, 0.05) is 12.2 Å². The second kappa shape index (κ2) is 7.85. The Labute approximate surface area is 181 Å².